The van der Waals surface area contributed by atoms with Gasteiger partial charge in [-0.3, -0.25) is 20.2 Å². The third-order valence-electron chi connectivity index (χ3n) is 23.1. The molecule has 1 aliphatic carbocycles. The highest BCUT2D eigenvalue weighted by Crippen LogP contribution is 2.46. The standard InChI is InChI=1S/C30H34F5N5O.C15H14ClF2N3O.C14H18F3N3O2.C14H20F3N3.C8H17N.C7H3BrF3NO2/c1-18(2)40-11-12-41-29-23(31)15-20(16-26(29)40)28-24(32)17-36-27(37-28)14-19-5-6-25(22(13-19)30(33,34)35)39-9-7-21(8-10-39)38(3)4;1-8(2)21-3-4-22-14-10(17)5-9(6-12(14)21)13-11(18)7-19-15(16)20-13;1-18(2)10-5-7-19(8-6-10)13-4-3-11(20(21)22)9-12(13)14(15,16)17;1-19(2)11-5-7-20(8-6-11)13-4-3-10(18)9-12(13)14(15,16)17;1-9(2)8-6-4-3-5-7-8;8-6-2-1-4(12(13)14)3-5(6)7(9,10)11/h5-6,13,15-18,21H,7-12,14H2,1-4H3;5-8H,3-4H2,1-2H3;3-4,9-10H,5-8H2,1-2H3;3-4,9,11H,5-8,18H2,1-2H3;8H,3-7H2,1-2H3;1-3H. The summed E-state index contributed by atoms with van der Waals surface area (Å²) in [7, 11) is 16.3. The SMILES string of the molecule is CC(C)N1CCOc2c(F)cc(-c3nc(Cc4ccc(N5CCC(N(C)C)CC5)c(C(F)(F)F)c4)ncc3F)cc21.CC(C)N1CCOc2c(F)cc(-c3nc(Cl)ncc3F)cc21.CN(C)C1CCCCC1.CN(C)C1CCN(c2ccc(N)cc2C(F)(F)F)CC1.CN(C)C1CCN(c2ccc([N+](=O)[O-])cc2C(F)(F)F)CC1.O=[N+]([O-])c1ccc(Br)c(C(F)(F)F)c1. The number of hydrogen-bond acceptors (Lipinski definition) is 20. The number of non-ortho nitro benzene ring substituents is 2. The average molecular weight is 1900 g/mol. The monoisotopic (exact) mass is 1900 g/mol. The molecule has 6 aromatic carbocycles. The van der Waals surface area contributed by atoms with Gasteiger partial charge in [0.15, 0.2) is 34.8 Å². The fourth-order valence-corrected chi connectivity index (χ4v) is 16.7. The number of aromatic nitrogens is 4. The summed E-state index contributed by atoms with van der Waals surface area (Å²) >= 11 is 8.38. The normalized spacial score (nSPS) is 16.2. The Bertz CT molecular complexity index is 5060. The maximum Gasteiger partial charge on any atom is 0.418 e. The number of nitro benzene ring substituents is 2. The Morgan fingerprint density at radius 3 is 1.20 bits per heavy atom. The molecule has 4 fully saturated rings. The van der Waals surface area contributed by atoms with Gasteiger partial charge >= 0.3 is 24.7 Å². The van der Waals surface area contributed by atoms with Gasteiger partial charge in [-0.15, -0.1) is 0 Å². The van der Waals surface area contributed by atoms with Gasteiger partial charge in [-0.2, -0.15) is 52.7 Å². The van der Waals surface area contributed by atoms with Gasteiger partial charge in [0, 0.05) is 145 Å². The zero-order chi connectivity index (χ0) is 94.4. The Morgan fingerprint density at radius 2 is 0.812 bits per heavy atom. The lowest BCUT2D eigenvalue weighted by molar-refractivity contribution is -0.385. The molecule has 0 spiro atoms. The van der Waals surface area contributed by atoms with Crippen LogP contribution in [0.25, 0.3) is 22.5 Å². The van der Waals surface area contributed by atoms with Gasteiger partial charge in [-0.05, 0) is 219 Å². The van der Waals surface area contributed by atoms with E-state index in [4.69, 9.17) is 26.8 Å². The summed E-state index contributed by atoms with van der Waals surface area (Å²) < 4.78 is 227. The van der Waals surface area contributed by atoms with Crippen molar-refractivity contribution in [1.82, 2.24) is 39.5 Å². The maximum absolute atomic E-state index is 15.0. The lowest BCUT2D eigenvalue weighted by Crippen LogP contribution is -2.42. The number of nitrogens with two attached hydrogens (primary N) is 1. The van der Waals surface area contributed by atoms with Crippen molar-refractivity contribution < 1.29 is 89.6 Å². The number of piperidine rings is 3. The number of fused-ring (bicyclic) bond motifs is 2. The van der Waals surface area contributed by atoms with Gasteiger partial charge in [-0.1, -0.05) is 41.3 Å². The second kappa shape index (κ2) is 44.2. The Morgan fingerprint density at radius 1 is 0.453 bits per heavy atom. The Balaban J connectivity index is 0.000000184. The lowest BCUT2D eigenvalue weighted by Gasteiger charge is -2.37. The van der Waals surface area contributed by atoms with E-state index in [-0.39, 0.29) is 85.3 Å². The summed E-state index contributed by atoms with van der Waals surface area (Å²) in [5, 5.41) is 20.8. The smallest absolute Gasteiger partial charge is 0.418 e. The maximum atomic E-state index is 15.0. The fraction of sp³-hybridized carbons (Fsp3) is 0.500. The van der Waals surface area contributed by atoms with E-state index in [2.05, 4.69) is 69.6 Å². The van der Waals surface area contributed by atoms with Crippen LogP contribution in [0.2, 0.25) is 5.28 Å². The predicted octanol–water partition coefficient (Wildman–Crippen LogP) is 21.1. The molecule has 7 heterocycles. The summed E-state index contributed by atoms with van der Waals surface area (Å²) in [5.74, 6) is -2.18. The quantitative estimate of drug-likeness (QED) is 0.0332. The fourth-order valence-electron chi connectivity index (χ4n) is 16.1. The van der Waals surface area contributed by atoms with Gasteiger partial charge in [0.1, 0.15) is 30.4 Å². The van der Waals surface area contributed by atoms with Crippen LogP contribution in [0, 0.1) is 43.5 Å². The minimum absolute atomic E-state index is 0.0234. The Labute approximate surface area is 746 Å². The lowest BCUT2D eigenvalue weighted by atomic mass is 9.95. The van der Waals surface area contributed by atoms with Crippen LogP contribution < -0.4 is 39.7 Å². The highest BCUT2D eigenvalue weighted by atomic mass is 79.9. The first kappa shape index (κ1) is 102. The average Bonchev–Trinajstić information content (AvgIpc) is 0.780. The predicted molar refractivity (Wildman–Crippen MR) is 467 cm³/mol. The molecule has 6 aliphatic rings. The number of alkyl halides is 12. The van der Waals surface area contributed by atoms with E-state index in [1.54, 1.807) is 28.0 Å². The highest BCUT2D eigenvalue weighted by molar-refractivity contribution is 9.10. The molecule has 0 bridgehead atoms. The number of rotatable bonds is 15. The van der Waals surface area contributed by atoms with Crippen LogP contribution in [0.1, 0.15) is 132 Å². The molecule has 8 aromatic rings. The molecule has 0 radical (unpaired) electrons. The molecule has 2 aromatic heterocycles. The first-order valence-corrected chi connectivity index (χ1v) is 42.8. The third kappa shape index (κ3) is 27.2. The second-order valence-electron chi connectivity index (χ2n) is 33.2. The number of halogens is 18. The number of anilines is 6. The van der Waals surface area contributed by atoms with Crippen molar-refractivity contribution in [3.05, 3.63) is 196 Å². The van der Waals surface area contributed by atoms with Crippen LogP contribution in [0.4, 0.5) is 116 Å². The second-order valence-corrected chi connectivity index (χ2v) is 34.4. The molecule has 128 heavy (non-hydrogen) atoms. The molecule has 40 heteroatoms. The van der Waals surface area contributed by atoms with Crippen LogP contribution in [-0.2, 0) is 31.1 Å². The largest absolute Gasteiger partial charge is 0.486 e. The number of nitro groups is 2. The van der Waals surface area contributed by atoms with Crippen molar-refractivity contribution >= 4 is 73.0 Å². The molecule has 0 atom stereocenters. The van der Waals surface area contributed by atoms with E-state index in [0.717, 1.165) is 93.4 Å². The first-order chi connectivity index (χ1) is 60.0. The summed E-state index contributed by atoms with van der Waals surface area (Å²) in [6, 6.07) is 21.6. The van der Waals surface area contributed by atoms with E-state index >= 15 is 4.39 Å². The van der Waals surface area contributed by atoms with Gasteiger partial charge < -0.3 is 59.3 Å². The zero-order valence-corrected chi connectivity index (χ0v) is 75.3. The number of nitrogen functional groups attached to an aromatic ring is 1. The molecule has 5 aliphatic heterocycles. The molecule has 0 amide bonds. The summed E-state index contributed by atoms with van der Waals surface area (Å²) in [6.45, 7) is 13.2. The highest BCUT2D eigenvalue weighted by Gasteiger charge is 2.41. The van der Waals surface area contributed by atoms with E-state index in [9.17, 15) is 86.1 Å². The molecule has 3 saturated heterocycles. The van der Waals surface area contributed by atoms with Crippen molar-refractivity contribution in [3.8, 4) is 34.0 Å². The van der Waals surface area contributed by atoms with Crippen LogP contribution in [-0.4, -0.2) is 208 Å². The topological polar surface area (TPSA) is 211 Å². The molecular weight excluding hydrogens is 1800 g/mol. The van der Waals surface area contributed by atoms with E-state index < -0.39 is 91.4 Å². The van der Waals surface area contributed by atoms with Crippen LogP contribution in [0.15, 0.2) is 114 Å². The molecule has 14 rings (SSSR count). The van der Waals surface area contributed by atoms with Crippen molar-refractivity contribution in [1.29, 1.82) is 0 Å². The Hall–Kier alpha value is -9.83. The summed E-state index contributed by atoms with van der Waals surface area (Å²) in [4.78, 5) is 52.9. The molecular formula is C88H106BrClF16N16O6. The molecule has 700 valence electrons. The minimum atomic E-state index is -4.61. The number of nitrogens with zero attached hydrogens (tertiary/aromatic N) is 15. The Kier molecular flexibility index (Phi) is 35.2. The minimum Gasteiger partial charge on any atom is -0.486 e. The van der Waals surface area contributed by atoms with Crippen molar-refractivity contribution in [2.45, 2.75) is 166 Å². The molecule has 22 nitrogen and oxygen atoms in total. The van der Waals surface area contributed by atoms with E-state index in [1.165, 1.54) is 62.4 Å². The number of benzene rings is 6. The first-order valence-electron chi connectivity index (χ1n) is 41.6. The summed E-state index contributed by atoms with van der Waals surface area (Å²) in [5.41, 5.74) is 3.36. The van der Waals surface area contributed by atoms with Crippen molar-refractivity contribution in [3.63, 3.8) is 0 Å². The summed E-state index contributed by atoms with van der Waals surface area (Å²) in [6.07, 6.45) is -4.20. The van der Waals surface area contributed by atoms with Gasteiger partial charge in [0.2, 0.25) is 5.28 Å². The number of hydrogen-bond donors (Lipinski definition) is 1. The third-order valence-corrected chi connectivity index (χ3v) is 23.9. The number of ether oxygens (including phenoxy) is 2. The molecule has 2 N–H and O–H groups in total. The molecule has 1 saturated carbocycles. The van der Waals surface area contributed by atoms with Gasteiger partial charge in [0.05, 0.1) is 69.0 Å². The van der Waals surface area contributed by atoms with Crippen LogP contribution in [0.5, 0.6) is 11.5 Å². The van der Waals surface area contributed by atoms with Crippen LogP contribution in [0.3, 0.4) is 0 Å². The van der Waals surface area contributed by atoms with E-state index in [0.29, 0.717) is 118 Å². The van der Waals surface area contributed by atoms with Gasteiger partial charge in [0.25, 0.3) is 11.4 Å². The van der Waals surface area contributed by atoms with E-state index in [1.807, 2.05) is 84.7 Å². The van der Waals surface area contributed by atoms with Gasteiger partial charge in [-0.25, -0.2) is 37.5 Å². The zero-order valence-electron chi connectivity index (χ0n) is 73.0. The van der Waals surface area contributed by atoms with Crippen LogP contribution >= 0.6 is 27.5 Å². The van der Waals surface area contributed by atoms with Crippen molar-refractivity contribution in [2.75, 3.05) is 152 Å². The molecule has 0 unspecified atom stereocenters. The van der Waals surface area contributed by atoms with Crippen molar-refractivity contribution in [2.24, 2.45) is 0 Å².